The van der Waals surface area contributed by atoms with Gasteiger partial charge >= 0.3 is 0 Å². The van der Waals surface area contributed by atoms with Gasteiger partial charge in [0.15, 0.2) is 0 Å². The average molecular weight is 310 g/mol. The molecular formula is C21H28NO+. The molecule has 1 aliphatic rings. The number of aliphatic hydroxyl groups is 1. The van der Waals surface area contributed by atoms with E-state index in [0.29, 0.717) is 12.1 Å². The Labute approximate surface area is 139 Å². The predicted molar refractivity (Wildman–Crippen MR) is 93.9 cm³/mol. The number of rotatable bonds is 4. The van der Waals surface area contributed by atoms with E-state index < -0.39 is 5.60 Å². The maximum absolute atomic E-state index is 11.4. The van der Waals surface area contributed by atoms with Crippen molar-refractivity contribution in [2.75, 3.05) is 0 Å². The fraction of sp³-hybridized carbons (Fsp3) is 0.429. The Hall–Kier alpha value is -1.64. The van der Waals surface area contributed by atoms with Crippen LogP contribution in [0, 0.1) is 5.92 Å². The van der Waals surface area contributed by atoms with Crippen LogP contribution in [0.25, 0.3) is 0 Å². The lowest BCUT2D eigenvalue weighted by Gasteiger charge is -2.45. The first kappa shape index (κ1) is 16.2. The third kappa shape index (κ3) is 3.34. The lowest BCUT2D eigenvalue weighted by atomic mass is 9.70. The Kier molecular flexibility index (Phi) is 4.84. The maximum atomic E-state index is 11.4. The summed E-state index contributed by atoms with van der Waals surface area (Å²) < 4.78 is 0. The van der Waals surface area contributed by atoms with Crippen LogP contribution >= 0.6 is 0 Å². The molecule has 0 radical (unpaired) electrons. The molecule has 1 heterocycles. The summed E-state index contributed by atoms with van der Waals surface area (Å²) in [7, 11) is 0. The van der Waals surface area contributed by atoms with Crippen molar-refractivity contribution < 1.29 is 10.4 Å². The predicted octanol–water partition coefficient (Wildman–Crippen LogP) is 3.60. The number of benzene rings is 2. The van der Waals surface area contributed by atoms with Gasteiger partial charge in [0.2, 0.25) is 0 Å². The van der Waals surface area contributed by atoms with Crippen LogP contribution in [0.4, 0.5) is 0 Å². The molecule has 2 nitrogen and oxygen atoms in total. The van der Waals surface area contributed by atoms with E-state index in [1.807, 2.05) is 0 Å². The molecule has 2 aromatic carbocycles. The van der Waals surface area contributed by atoms with Gasteiger partial charge in [0, 0.05) is 23.5 Å². The van der Waals surface area contributed by atoms with Crippen LogP contribution in [0.1, 0.15) is 56.3 Å². The normalized spacial score (nSPS) is 31.0. The van der Waals surface area contributed by atoms with E-state index in [9.17, 15) is 5.11 Å². The molecule has 2 heteroatoms. The molecule has 23 heavy (non-hydrogen) atoms. The molecule has 3 N–H and O–H groups in total. The topological polar surface area (TPSA) is 36.8 Å². The van der Waals surface area contributed by atoms with Crippen molar-refractivity contribution in [3.8, 4) is 0 Å². The van der Waals surface area contributed by atoms with Gasteiger partial charge in [-0.05, 0) is 6.42 Å². The van der Waals surface area contributed by atoms with Crippen molar-refractivity contribution in [1.29, 1.82) is 0 Å². The lowest BCUT2D eigenvalue weighted by molar-refractivity contribution is -0.756. The Morgan fingerprint density at radius 3 is 2.13 bits per heavy atom. The molecule has 0 aromatic heterocycles. The molecule has 122 valence electrons. The van der Waals surface area contributed by atoms with Crippen LogP contribution in [0.2, 0.25) is 0 Å². The summed E-state index contributed by atoms with van der Waals surface area (Å²) in [6, 6.07) is 21.9. The van der Waals surface area contributed by atoms with Crippen molar-refractivity contribution in [3.63, 3.8) is 0 Å². The molecule has 3 rings (SSSR count). The van der Waals surface area contributed by atoms with Gasteiger partial charge in [-0.3, -0.25) is 0 Å². The van der Waals surface area contributed by atoms with Gasteiger partial charge in [-0.2, -0.15) is 0 Å². The number of nitrogens with two attached hydrogens (primary N) is 1. The lowest BCUT2D eigenvalue weighted by Crippen LogP contribution is -2.91. The Balaban J connectivity index is 1.95. The minimum Gasteiger partial charge on any atom is -0.389 e. The molecule has 0 bridgehead atoms. The van der Waals surface area contributed by atoms with Crippen molar-refractivity contribution in [1.82, 2.24) is 0 Å². The average Bonchev–Trinajstić information content (AvgIpc) is 2.59. The van der Waals surface area contributed by atoms with Gasteiger partial charge in [-0.25, -0.2) is 0 Å². The summed E-state index contributed by atoms with van der Waals surface area (Å²) in [5.74, 6) is 0.241. The van der Waals surface area contributed by atoms with Crippen molar-refractivity contribution in [2.24, 2.45) is 5.92 Å². The van der Waals surface area contributed by atoms with Crippen molar-refractivity contribution in [3.05, 3.63) is 71.8 Å². The van der Waals surface area contributed by atoms with Crippen LogP contribution < -0.4 is 5.32 Å². The van der Waals surface area contributed by atoms with E-state index in [2.05, 4.69) is 79.8 Å². The molecule has 0 unspecified atom stereocenters. The number of piperidine rings is 1. The second-order valence-corrected chi connectivity index (χ2v) is 6.99. The first-order valence-corrected chi connectivity index (χ1v) is 8.81. The van der Waals surface area contributed by atoms with E-state index in [0.717, 1.165) is 19.3 Å². The molecule has 2 aromatic rings. The van der Waals surface area contributed by atoms with E-state index in [1.54, 1.807) is 0 Å². The quantitative estimate of drug-likeness (QED) is 0.889. The maximum Gasteiger partial charge on any atom is 0.117 e. The van der Waals surface area contributed by atoms with Crippen LogP contribution in [0.5, 0.6) is 0 Å². The number of hydrogen-bond donors (Lipinski definition) is 2. The highest BCUT2D eigenvalue weighted by molar-refractivity contribution is 5.22. The van der Waals surface area contributed by atoms with Gasteiger partial charge in [0.25, 0.3) is 0 Å². The molecule has 1 fully saturated rings. The zero-order chi connectivity index (χ0) is 16.3. The number of quaternary nitrogens is 1. The highest BCUT2D eigenvalue weighted by atomic mass is 16.3. The second kappa shape index (κ2) is 6.86. The zero-order valence-electron chi connectivity index (χ0n) is 14.2. The number of hydrogen-bond acceptors (Lipinski definition) is 1. The largest absolute Gasteiger partial charge is 0.389 e. The summed E-state index contributed by atoms with van der Waals surface area (Å²) in [5, 5.41) is 13.8. The summed E-state index contributed by atoms with van der Waals surface area (Å²) in [6.45, 7) is 4.38. The summed E-state index contributed by atoms with van der Waals surface area (Å²) in [5.41, 5.74) is 2.04. The molecule has 0 spiro atoms. The molecule has 0 aliphatic carbocycles. The smallest absolute Gasteiger partial charge is 0.117 e. The second-order valence-electron chi connectivity index (χ2n) is 6.99. The van der Waals surface area contributed by atoms with Gasteiger partial charge in [-0.1, -0.05) is 80.9 Å². The third-order valence-corrected chi connectivity index (χ3v) is 5.49. The van der Waals surface area contributed by atoms with Gasteiger partial charge < -0.3 is 10.4 Å². The molecule has 0 amide bonds. The Morgan fingerprint density at radius 2 is 1.57 bits per heavy atom. The van der Waals surface area contributed by atoms with Crippen LogP contribution in [-0.4, -0.2) is 10.7 Å². The van der Waals surface area contributed by atoms with Crippen LogP contribution in [0.15, 0.2) is 60.7 Å². The summed E-state index contributed by atoms with van der Waals surface area (Å²) in [4.78, 5) is 0. The zero-order valence-corrected chi connectivity index (χ0v) is 14.2. The monoisotopic (exact) mass is 310 g/mol. The van der Waals surface area contributed by atoms with E-state index in [-0.39, 0.29) is 5.92 Å². The Bertz CT molecular complexity index is 612. The highest BCUT2D eigenvalue weighted by Crippen LogP contribution is 2.41. The van der Waals surface area contributed by atoms with E-state index in [4.69, 9.17) is 0 Å². The van der Waals surface area contributed by atoms with Gasteiger partial charge in [0.1, 0.15) is 12.1 Å². The minimum atomic E-state index is -0.593. The standard InChI is InChI=1S/C21H27NO/c1-3-14-21(23)15-19(17-10-6-4-7-11-17)22-20(16(21)2)18-12-8-5-9-13-18/h4-13,16,19-20,22-23H,3,14-15H2,1-2H3/p+1/t16-,19+,20-,21-/m0/s1. The van der Waals surface area contributed by atoms with Gasteiger partial charge in [-0.15, -0.1) is 0 Å². The SMILES string of the molecule is CCC[C@]1(O)C[C@H](c2ccccc2)[NH2+][C@H](c2ccccc2)[C@@H]1C. The molecule has 0 saturated carbocycles. The van der Waals surface area contributed by atoms with E-state index >= 15 is 0 Å². The molecule has 4 atom stereocenters. The third-order valence-electron chi connectivity index (χ3n) is 5.49. The van der Waals surface area contributed by atoms with Crippen LogP contribution in [-0.2, 0) is 0 Å². The van der Waals surface area contributed by atoms with Crippen LogP contribution in [0.3, 0.4) is 0 Å². The first-order chi connectivity index (χ1) is 11.1. The summed E-state index contributed by atoms with van der Waals surface area (Å²) in [6.07, 6.45) is 2.72. The van der Waals surface area contributed by atoms with Gasteiger partial charge in [0.05, 0.1) is 5.60 Å². The van der Waals surface area contributed by atoms with E-state index in [1.165, 1.54) is 11.1 Å². The Morgan fingerprint density at radius 1 is 1.00 bits per heavy atom. The first-order valence-electron chi connectivity index (χ1n) is 8.81. The highest BCUT2D eigenvalue weighted by Gasteiger charge is 2.48. The molecular weight excluding hydrogens is 282 g/mol. The molecule has 1 saturated heterocycles. The fourth-order valence-electron chi connectivity index (χ4n) is 4.15. The fourth-order valence-corrected chi connectivity index (χ4v) is 4.15. The minimum absolute atomic E-state index is 0.241. The summed E-state index contributed by atoms with van der Waals surface area (Å²) >= 11 is 0. The molecule has 1 aliphatic heterocycles. The van der Waals surface area contributed by atoms with Crippen molar-refractivity contribution >= 4 is 0 Å². The van der Waals surface area contributed by atoms with Crippen molar-refractivity contribution in [2.45, 2.75) is 50.8 Å².